The molecule has 1 fully saturated rings. The van der Waals surface area contributed by atoms with Crippen LogP contribution in [0.1, 0.15) is 10.4 Å². The fraction of sp³-hybridized carbons (Fsp3) is 0.167. The van der Waals surface area contributed by atoms with E-state index >= 15 is 0 Å². The maximum atomic E-state index is 13.7. The number of hydrogen-bond acceptors (Lipinski definition) is 8. The maximum Gasteiger partial charge on any atom is 0.253 e. The summed E-state index contributed by atoms with van der Waals surface area (Å²) in [7, 11) is 3.67. The van der Waals surface area contributed by atoms with Crippen molar-refractivity contribution in [3.05, 3.63) is 108 Å². The zero-order valence-corrected chi connectivity index (χ0v) is 26.7. The third-order valence-corrected chi connectivity index (χ3v) is 8.61. The average Bonchev–Trinajstić information content (AvgIpc) is 3.45. The van der Waals surface area contributed by atoms with Gasteiger partial charge in [0.25, 0.3) is 5.91 Å². The third-order valence-electron chi connectivity index (χ3n) is 8.37. The number of nitrogen functional groups attached to an aromatic ring is 1. The second-order valence-corrected chi connectivity index (χ2v) is 11.8. The molecule has 11 heteroatoms. The van der Waals surface area contributed by atoms with Gasteiger partial charge in [-0.05, 0) is 72.8 Å². The Morgan fingerprint density at radius 3 is 2.40 bits per heavy atom. The minimum Gasteiger partial charge on any atom is -0.493 e. The number of nitrogens with zero attached hydrogens (tertiary/aromatic N) is 6. The fourth-order valence-corrected chi connectivity index (χ4v) is 6.20. The van der Waals surface area contributed by atoms with Crippen molar-refractivity contribution in [2.24, 2.45) is 0 Å². The van der Waals surface area contributed by atoms with Gasteiger partial charge in [0.1, 0.15) is 17.6 Å². The lowest BCUT2D eigenvalue weighted by molar-refractivity contribution is 0.0664. The molecule has 1 aliphatic rings. The van der Waals surface area contributed by atoms with Crippen LogP contribution in [0, 0.1) is 0 Å². The van der Waals surface area contributed by atoms with Crippen LogP contribution in [0.25, 0.3) is 39.0 Å². The van der Waals surface area contributed by atoms with Crippen LogP contribution in [0.3, 0.4) is 0 Å². The Balaban J connectivity index is 1.42. The standard InChI is InChI=1S/C36H32ClN7O3/c1-42-15-17-43(18-16-42)36(45)26-6-3-5-25(19-26)33-31(23-11-13-39-14-12-23)32(34-35(38)40-22-41-44(33)34)24-9-10-29(30(20-24)46-2)47-28-8-4-7-27(37)21-28/h3-14,19-22H,15-18H2,1-2H3,(H2,38,40,41). The highest BCUT2D eigenvalue weighted by Crippen LogP contribution is 2.47. The summed E-state index contributed by atoms with van der Waals surface area (Å²) >= 11 is 6.20. The normalized spacial score (nSPS) is 13.6. The molecule has 10 nitrogen and oxygen atoms in total. The van der Waals surface area contributed by atoms with Gasteiger partial charge >= 0.3 is 0 Å². The number of halogens is 1. The monoisotopic (exact) mass is 645 g/mol. The second kappa shape index (κ2) is 12.7. The zero-order chi connectivity index (χ0) is 32.5. The van der Waals surface area contributed by atoms with E-state index < -0.39 is 0 Å². The lowest BCUT2D eigenvalue weighted by Crippen LogP contribution is -2.47. The first kappa shape index (κ1) is 30.2. The zero-order valence-electron chi connectivity index (χ0n) is 25.9. The van der Waals surface area contributed by atoms with Crippen LogP contribution in [0.4, 0.5) is 5.82 Å². The van der Waals surface area contributed by atoms with E-state index in [1.54, 1.807) is 36.2 Å². The van der Waals surface area contributed by atoms with Crippen LogP contribution in [-0.4, -0.2) is 75.6 Å². The second-order valence-electron chi connectivity index (χ2n) is 11.3. The smallest absolute Gasteiger partial charge is 0.253 e. The lowest BCUT2D eigenvalue weighted by Gasteiger charge is -2.32. The molecule has 3 aromatic heterocycles. The van der Waals surface area contributed by atoms with Gasteiger partial charge in [-0.15, -0.1) is 0 Å². The average molecular weight is 646 g/mol. The number of hydrogen-bond donors (Lipinski definition) is 1. The highest BCUT2D eigenvalue weighted by molar-refractivity contribution is 6.30. The van der Waals surface area contributed by atoms with Crippen molar-refractivity contribution in [2.75, 3.05) is 46.1 Å². The molecular weight excluding hydrogens is 614 g/mol. The Morgan fingerprint density at radius 1 is 0.851 bits per heavy atom. The Bertz CT molecular complexity index is 2090. The molecule has 3 aromatic carbocycles. The summed E-state index contributed by atoms with van der Waals surface area (Å²) in [5, 5.41) is 5.26. The number of nitrogens with two attached hydrogens (primary N) is 1. The van der Waals surface area contributed by atoms with Crippen molar-refractivity contribution >= 4 is 28.8 Å². The largest absolute Gasteiger partial charge is 0.493 e. The number of ether oxygens (including phenoxy) is 2. The van der Waals surface area contributed by atoms with Crippen molar-refractivity contribution in [2.45, 2.75) is 0 Å². The van der Waals surface area contributed by atoms with Gasteiger partial charge in [0.15, 0.2) is 17.3 Å². The number of amides is 1. The fourth-order valence-electron chi connectivity index (χ4n) is 6.02. The molecule has 1 saturated heterocycles. The molecule has 47 heavy (non-hydrogen) atoms. The molecule has 0 saturated carbocycles. The van der Waals surface area contributed by atoms with Gasteiger partial charge in [0.2, 0.25) is 0 Å². The predicted molar refractivity (Wildman–Crippen MR) is 183 cm³/mol. The summed E-state index contributed by atoms with van der Waals surface area (Å²) in [6.07, 6.45) is 4.93. The van der Waals surface area contributed by atoms with Gasteiger partial charge in [0.05, 0.1) is 12.8 Å². The third kappa shape index (κ3) is 5.84. The Morgan fingerprint density at radius 2 is 1.64 bits per heavy atom. The number of carbonyl (C=O) groups excluding carboxylic acids is 1. The van der Waals surface area contributed by atoms with E-state index in [-0.39, 0.29) is 5.91 Å². The highest BCUT2D eigenvalue weighted by atomic mass is 35.5. The van der Waals surface area contributed by atoms with Gasteiger partial charge in [0, 0.05) is 65.8 Å². The number of piperazine rings is 1. The number of methoxy groups -OCH3 is 1. The summed E-state index contributed by atoms with van der Waals surface area (Å²) in [6, 6.07) is 24.5. The number of anilines is 1. The van der Waals surface area contributed by atoms with Gasteiger partial charge in [-0.2, -0.15) is 5.10 Å². The number of rotatable bonds is 7. The molecule has 4 heterocycles. The number of fused-ring (bicyclic) bond motifs is 1. The summed E-state index contributed by atoms with van der Waals surface area (Å²) in [5.74, 6) is 1.92. The van der Waals surface area contributed by atoms with Crippen LogP contribution in [-0.2, 0) is 0 Å². The van der Waals surface area contributed by atoms with Gasteiger partial charge < -0.3 is 25.0 Å². The molecular formula is C36H32ClN7O3. The first-order chi connectivity index (χ1) is 22.9. The maximum absolute atomic E-state index is 13.7. The van der Waals surface area contributed by atoms with Crippen molar-refractivity contribution in [1.29, 1.82) is 0 Å². The highest BCUT2D eigenvalue weighted by Gasteiger charge is 2.27. The van der Waals surface area contributed by atoms with Gasteiger partial charge in [-0.3, -0.25) is 9.78 Å². The number of likely N-dealkylation sites (N-methyl/N-ethyl adjacent to an activating group) is 1. The summed E-state index contributed by atoms with van der Waals surface area (Å²) < 4.78 is 13.8. The van der Waals surface area contributed by atoms with Crippen molar-refractivity contribution in [1.82, 2.24) is 29.4 Å². The van der Waals surface area contributed by atoms with E-state index in [2.05, 4.69) is 27.0 Å². The molecule has 0 aliphatic carbocycles. The lowest BCUT2D eigenvalue weighted by atomic mass is 9.93. The number of aromatic nitrogens is 4. The molecule has 236 valence electrons. The topological polar surface area (TPSA) is 111 Å². The predicted octanol–water partition coefficient (Wildman–Crippen LogP) is 6.55. The van der Waals surface area contributed by atoms with E-state index in [1.807, 2.05) is 71.6 Å². The molecule has 0 unspecified atom stereocenters. The summed E-state index contributed by atoms with van der Waals surface area (Å²) in [6.45, 7) is 3.05. The van der Waals surface area contributed by atoms with E-state index in [0.29, 0.717) is 52.3 Å². The molecule has 1 aliphatic heterocycles. The van der Waals surface area contributed by atoms with Crippen molar-refractivity contribution in [3.8, 4) is 50.8 Å². The summed E-state index contributed by atoms with van der Waals surface area (Å²) in [4.78, 5) is 26.4. The quantitative estimate of drug-likeness (QED) is 0.208. The van der Waals surface area contributed by atoms with Crippen LogP contribution in [0.15, 0.2) is 97.6 Å². The van der Waals surface area contributed by atoms with E-state index in [4.69, 9.17) is 26.8 Å². The molecule has 0 atom stereocenters. The molecule has 0 radical (unpaired) electrons. The minimum atomic E-state index is 0.000615. The molecule has 7 rings (SSSR count). The van der Waals surface area contributed by atoms with E-state index in [1.165, 1.54) is 6.33 Å². The Kier molecular flexibility index (Phi) is 8.19. The first-order valence-corrected chi connectivity index (χ1v) is 15.5. The summed E-state index contributed by atoms with van der Waals surface area (Å²) in [5.41, 5.74) is 12.8. The van der Waals surface area contributed by atoms with E-state index in [0.717, 1.165) is 46.6 Å². The van der Waals surface area contributed by atoms with Crippen LogP contribution in [0.5, 0.6) is 17.2 Å². The van der Waals surface area contributed by atoms with Crippen LogP contribution >= 0.6 is 11.6 Å². The van der Waals surface area contributed by atoms with Crippen molar-refractivity contribution < 1.29 is 14.3 Å². The molecule has 0 bridgehead atoms. The Hall–Kier alpha value is -5.45. The van der Waals surface area contributed by atoms with Gasteiger partial charge in [-0.25, -0.2) is 9.50 Å². The van der Waals surface area contributed by atoms with E-state index in [9.17, 15) is 4.79 Å². The molecule has 1 amide bonds. The van der Waals surface area contributed by atoms with Crippen LogP contribution < -0.4 is 15.2 Å². The van der Waals surface area contributed by atoms with Crippen molar-refractivity contribution in [3.63, 3.8) is 0 Å². The number of benzene rings is 3. The molecule has 2 N–H and O–H groups in total. The van der Waals surface area contributed by atoms with Gasteiger partial charge in [-0.1, -0.05) is 35.9 Å². The number of pyridine rings is 1. The molecule has 6 aromatic rings. The SMILES string of the molecule is COc1cc(-c2c(-c3ccncc3)c(-c3cccc(C(=O)N4CCN(C)CC4)c3)n3ncnc(N)c23)ccc1Oc1cccc(Cl)c1. The van der Waals surface area contributed by atoms with Crippen LogP contribution in [0.2, 0.25) is 5.02 Å². The number of carbonyl (C=O) groups is 1. The minimum absolute atomic E-state index is 0.000615. The first-order valence-electron chi connectivity index (χ1n) is 15.2. The Labute approximate surface area is 277 Å². The molecule has 0 spiro atoms.